The third-order valence-corrected chi connectivity index (χ3v) is 3.64. The fourth-order valence-corrected chi connectivity index (χ4v) is 2.42. The number of fused-ring (bicyclic) bond motifs is 1. The van der Waals surface area contributed by atoms with Crippen molar-refractivity contribution >= 4 is 23.3 Å². The highest BCUT2D eigenvalue weighted by Crippen LogP contribution is 2.34. The van der Waals surface area contributed by atoms with E-state index < -0.39 is 10.9 Å². The summed E-state index contributed by atoms with van der Waals surface area (Å²) in [6.07, 6.45) is 0. The van der Waals surface area contributed by atoms with Crippen LogP contribution in [0.3, 0.4) is 0 Å². The van der Waals surface area contributed by atoms with Gasteiger partial charge in [-0.3, -0.25) is 14.9 Å². The van der Waals surface area contributed by atoms with Gasteiger partial charge in [0.2, 0.25) is 0 Å². The van der Waals surface area contributed by atoms with Crippen molar-refractivity contribution in [1.82, 2.24) is 0 Å². The maximum Gasteiger partial charge on any atom is 0.335 e. The van der Waals surface area contributed by atoms with Crippen LogP contribution in [0.2, 0.25) is 0 Å². The number of ether oxygens (including phenoxy) is 1. The van der Waals surface area contributed by atoms with Crippen LogP contribution >= 0.6 is 0 Å². The van der Waals surface area contributed by atoms with Crippen LogP contribution in [-0.2, 0) is 11.3 Å². The van der Waals surface area contributed by atoms with Crippen molar-refractivity contribution < 1.29 is 24.4 Å². The van der Waals surface area contributed by atoms with Crippen molar-refractivity contribution in [2.45, 2.75) is 6.54 Å². The van der Waals surface area contributed by atoms with Gasteiger partial charge in [-0.1, -0.05) is 12.1 Å². The third-order valence-electron chi connectivity index (χ3n) is 3.64. The van der Waals surface area contributed by atoms with Crippen LogP contribution in [0.15, 0.2) is 42.5 Å². The van der Waals surface area contributed by atoms with Gasteiger partial charge in [0.15, 0.2) is 6.61 Å². The number of carboxylic acid groups (broad SMARTS) is 1. The number of carbonyl (C=O) groups is 2. The molecule has 0 spiro atoms. The van der Waals surface area contributed by atoms with E-state index in [0.717, 1.165) is 0 Å². The highest BCUT2D eigenvalue weighted by molar-refractivity contribution is 5.99. The zero-order valence-corrected chi connectivity index (χ0v) is 12.3. The average molecular weight is 328 g/mol. The van der Waals surface area contributed by atoms with E-state index in [-0.39, 0.29) is 30.3 Å². The smallest absolute Gasteiger partial charge is 0.335 e. The van der Waals surface area contributed by atoms with Crippen molar-refractivity contribution in [3.63, 3.8) is 0 Å². The molecule has 0 fully saturated rings. The van der Waals surface area contributed by atoms with Crippen molar-refractivity contribution in [2.24, 2.45) is 0 Å². The number of rotatable bonds is 4. The molecule has 0 aromatic heterocycles. The molecule has 1 aliphatic rings. The summed E-state index contributed by atoms with van der Waals surface area (Å²) in [5, 5.41) is 19.7. The average Bonchev–Trinajstić information content (AvgIpc) is 2.57. The molecule has 1 aliphatic heterocycles. The first-order chi connectivity index (χ1) is 11.5. The first-order valence-electron chi connectivity index (χ1n) is 6.99. The first kappa shape index (κ1) is 15.5. The van der Waals surface area contributed by atoms with Crippen LogP contribution in [-0.4, -0.2) is 28.5 Å². The topological polar surface area (TPSA) is 110 Å². The Morgan fingerprint density at radius 2 is 1.96 bits per heavy atom. The minimum atomic E-state index is -1.08. The molecule has 0 saturated heterocycles. The van der Waals surface area contributed by atoms with Gasteiger partial charge in [-0.15, -0.1) is 0 Å². The minimum Gasteiger partial charge on any atom is -0.482 e. The van der Waals surface area contributed by atoms with Crippen molar-refractivity contribution in [1.29, 1.82) is 0 Å². The molecule has 8 heteroatoms. The van der Waals surface area contributed by atoms with Crippen molar-refractivity contribution in [3.05, 3.63) is 63.7 Å². The van der Waals surface area contributed by atoms with E-state index in [1.165, 1.54) is 35.2 Å². The zero-order chi connectivity index (χ0) is 17.3. The van der Waals surface area contributed by atoms with Gasteiger partial charge in [-0.05, 0) is 23.8 Å². The molecule has 0 aliphatic carbocycles. The number of hydrogen-bond acceptors (Lipinski definition) is 5. The Labute approximate surface area is 136 Å². The monoisotopic (exact) mass is 328 g/mol. The lowest BCUT2D eigenvalue weighted by molar-refractivity contribution is -0.384. The molecule has 0 atom stereocenters. The number of nitrogens with zero attached hydrogens (tertiary/aromatic N) is 2. The number of nitro benzene ring substituents is 1. The molecule has 0 saturated carbocycles. The van der Waals surface area contributed by atoms with Gasteiger partial charge in [0.1, 0.15) is 5.75 Å². The molecule has 1 amide bonds. The van der Waals surface area contributed by atoms with E-state index >= 15 is 0 Å². The lowest BCUT2D eigenvalue weighted by atomic mass is 10.1. The molecule has 1 heterocycles. The summed E-state index contributed by atoms with van der Waals surface area (Å²) in [5.41, 5.74) is 1.22. The summed E-state index contributed by atoms with van der Waals surface area (Å²) in [6.45, 7) is 0.0165. The van der Waals surface area contributed by atoms with E-state index in [2.05, 4.69) is 0 Å². The number of anilines is 1. The largest absolute Gasteiger partial charge is 0.482 e. The lowest BCUT2D eigenvalue weighted by Gasteiger charge is -2.29. The quantitative estimate of drug-likeness (QED) is 0.680. The molecule has 2 aromatic rings. The molecule has 0 radical (unpaired) electrons. The molecular weight excluding hydrogens is 316 g/mol. The van der Waals surface area contributed by atoms with Crippen molar-refractivity contribution in [3.8, 4) is 5.75 Å². The second-order valence-corrected chi connectivity index (χ2v) is 5.18. The molecule has 0 bridgehead atoms. The molecule has 0 unspecified atom stereocenters. The number of non-ortho nitro benzene ring substituents is 1. The number of aromatic carboxylic acids is 1. The Balaban J connectivity index is 1.89. The number of carboxylic acids is 1. The molecule has 8 nitrogen and oxygen atoms in total. The SMILES string of the molecule is O=C(O)c1ccc2c(c1)OCC(=O)N2Cc1ccc([N+](=O)[O-])cc1. The van der Waals surface area contributed by atoms with E-state index in [1.54, 1.807) is 12.1 Å². The van der Waals surface area contributed by atoms with Crippen molar-refractivity contribution in [2.75, 3.05) is 11.5 Å². The Morgan fingerprint density at radius 1 is 1.25 bits per heavy atom. The Kier molecular flexibility index (Phi) is 3.87. The lowest BCUT2D eigenvalue weighted by Crippen LogP contribution is -2.38. The number of nitro groups is 1. The van der Waals surface area contributed by atoms with Crippen LogP contribution in [0, 0.1) is 10.1 Å². The fraction of sp³-hybridized carbons (Fsp3) is 0.125. The number of benzene rings is 2. The minimum absolute atomic E-state index is 0.0291. The molecular formula is C16H12N2O6. The van der Waals surface area contributed by atoms with E-state index in [9.17, 15) is 19.7 Å². The van der Waals surface area contributed by atoms with Gasteiger partial charge >= 0.3 is 5.97 Å². The highest BCUT2D eigenvalue weighted by Gasteiger charge is 2.26. The van der Waals surface area contributed by atoms with Crippen LogP contribution in [0.5, 0.6) is 5.75 Å². The summed E-state index contributed by atoms with van der Waals surface area (Å²) in [7, 11) is 0. The van der Waals surface area contributed by atoms with E-state index in [1.807, 2.05) is 0 Å². The predicted molar refractivity (Wildman–Crippen MR) is 83.2 cm³/mol. The van der Waals surface area contributed by atoms with Gasteiger partial charge in [0.25, 0.3) is 11.6 Å². The van der Waals surface area contributed by atoms with Crippen LogP contribution in [0.25, 0.3) is 0 Å². The van der Waals surface area contributed by atoms with Gasteiger partial charge in [0.05, 0.1) is 22.7 Å². The van der Waals surface area contributed by atoms with Crippen LogP contribution < -0.4 is 9.64 Å². The Bertz CT molecular complexity index is 831. The Morgan fingerprint density at radius 3 is 2.58 bits per heavy atom. The fourth-order valence-electron chi connectivity index (χ4n) is 2.42. The molecule has 2 aromatic carbocycles. The summed E-state index contributed by atoms with van der Waals surface area (Å²) in [6, 6.07) is 10.2. The van der Waals surface area contributed by atoms with E-state index in [0.29, 0.717) is 17.0 Å². The number of hydrogen-bond donors (Lipinski definition) is 1. The number of carbonyl (C=O) groups excluding carboxylic acids is 1. The zero-order valence-electron chi connectivity index (χ0n) is 12.3. The molecule has 122 valence electrons. The second kappa shape index (κ2) is 5.99. The van der Waals surface area contributed by atoms with Gasteiger partial charge in [-0.2, -0.15) is 0 Å². The molecule has 24 heavy (non-hydrogen) atoms. The van der Waals surface area contributed by atoms with Gasteiger partial charge in [-0.25, -0.2) is 4.79 Å². The maximum atomic E-state index is 12.1. The maximum absolute atomic E-state index is 12.1. The summed E-state index contributed by atoms with van der Waals surface area (Å²) in [5.74, 6) is -1.04. The summed E-state index contributed by atoms with van der Waals surface area (Å²) >= 11 is 0. The molecule has 3 rings (SSSR count). The highest BCUT2D eigenvalue weighted by atomic mass is 16.6. The summed E-state index contributed by atoms with van der Waals surface area (Å²) in [4.78, 5) is 34.8. The van der Waals surface area contributed by atoms with E-state index in [4.69, 9.17) is 9.84 Å². The van der Waals surface area contributed by atoms with Gasteiger partial charge in [0, 0.05) is 12.1 Å². The second-order valence-electron chi connectivity index (χ2n) is 5.18. The van der Waals surface area contributed by atoms with Crippen LogP contribution in [0.4, 0.5) is 11.4 Å². The predicted octanol–water partition coefficient (Wildman–Crippen LogP) is 2.22. The Hall–Kier alpha value is -3.42. The third kappa shape index (κ3) is 2.89. The normalized spacial score (nSPS) is 13.2. The molecule has 1 N–H and O–H groups in total. The number of amides is 1. The van der Waals surface area contributed by atoms with Gasteiger partial charge < -0.3 is 14.7 Å². The summed E-state index contributed by atoms with van der Waals surface area (Å²) < 4.78 is 5.30. The first-order valence-corrected chi connectivity index (χ1v) is 6.99. The van der Waals surface area contributed by atoms with Crippen LogP contribution in [0.1, 0.15) is 15.9 Å². The standard InChI is InChI=1S/C16H12N2O6/c19-15-9-24-14-7-11(16(20)21)3-6-13(14)17(15)8-10-1-4-12(5-2-10)18(22)23/h1-7H,8-9H2,(H,20,21).